The number of hydrogen-bond donors (Lipinski definition) is 0. The minimum absolute atomic E-state index is 0. The Kier molecular flexibility index (Phi) is 10.2. The number of halogens is 2. The number of unbranched alkanes of at least 4 members (excludes halogenated alkanes) is 1. The molecule has 0 fully saturated rings. The smallest absolute Gasteiger partial charge is 1.00 e. The summed E-state index contributed by atoms with van der Waals surface area (Å²) in [6, 6.07) is 20.2. The standard InChI is InChI=1S/C20H21.2ClH.Zr/c1-3-4-6-16-9-11-17(12-10-16)19-8-5-7-18-13-15(2)14-20(18)19;;;/h5,7-14H,3-4,6H2,1-2H3;2*1H;/q-1;;;+3/p-2. The van der Waals surface area contributed by atoms with Crippen molar-refractivity contribution in [2.24, 2.45) is 0 Å². The van der Waals surface area contributed by atoms with Gasteiger partial charge in [0.25, 0.3) is 0 Å². The summed E-state index contributed by atoms with van der Waals surface area (Å²) in [6.45, 7) is 4.41. The fraction of sp³-hybridized carbons (Fsp3) is 0.250. The first-order chi connectivity index (χ1) is 9.78. The summed E-state index contributed by atoms with van der Waals surface area (Å²) in [5.74, 6) is 0. The van der Waals surface area contributed by atoms with Gasteiger partial charge in [0.15, 0.2) is 0 Å². The second-order valence-electron chi connectivity index (χ2n) is 5.64. The van der Waals surface area contributed by atoms with Crippen molar-refractivity contribution in [3.8, 4) is 11.1 Å². The Morgan fingerprint density at radius 2 is 1.65 bits per heavy atom. The van der Waals surface area contributed by atoms with E-state index < -0.39 is 0 Å². The van der Waals surface area contributed by atoms with Crippen molar-refractivity contribution in [3.63, 3.8) is 0 Å². The Hall–Kier alpha value is -0.487. The van der Waals surface area contributed by atoms with Gasteiger partial charge in [-0.05, 0) is 24.0 Å². The van der Waals surface area contributed by atoms with E-state index in [0.717, 1.165) is 0 Å². The maximum absolute atomic E-state index is 2.29. The van der Waals surface area contributed by atoms with Crippen molar-refractivity contribution < 1.29 is 51.0 Å². The van der Waals surface area contributed by atoms with Crippen LogP contribution in [-0.4, -0.2) is 0 Å². The van der Waals surface area contributed by atoms with Gasteiger partial charge in [-0.3, -0.25) is 0 Å². The van der Waals surface area contributed by atoms with Crippen molar-refractivity contribution in [1.82, 2.24) is 0 Å². The van der Waals surface area contributed by atoms with Gasteiger partial charge in [-0.2, -0.15) is 6.07 Å². The summed E-state index contributed by atoms with van der Waals surface area (Å²) in [7, 11) is 0. The zero-order chi connectivity index (χ0) is 13.9. The molecule has 0 aliphatic rings. The van der Waals surface area contributed by atoms with Crippen LogP contribution in [0.25, 0.3) is 21.9 Å². The summed E-state index contributed by atoms with van der Waals surface area (Å²) < 4.78 is 0. The van der Waals surface area contributed by atoms with E-state index >= 15 is 0 Å². The van der Waals surface area contributed by atoms with E-state index in [9.17, 15) is 0 Å². The van der Waals surface area contributed by atoms with Crippen molar-refractivity contribution >= 4 is 10.8 Å². The molecular weight excluding hydrogens is 402 g/mol. The van der Waals surface area contributed by atoms with Crippen LogP contribution in [0.15, 0.2) is 54.6 Å². The topological polar surface area (TPSA) is 0 Å². The maximum atomic E-state index is 2.29. The second-order valence-corrected chi connectivity index (χ2v) is 5.64. The molecule has 3 aromatic carbocycles. The molecule has 3 heteroatoms. The molecule has 0 aliphatic heterocycles. The number of hydrogen-bond acceptors (Lipinski definition) is 0. The third-order valence-electron chi connectivity index (χ3n) is 3.98. The summed E-state index contributed by atoms with van der Waals surface area (Å²) in [6.07, 6.45) is 3.72. The van der Waals surface area contributed by atoms with Crippen molar-refractivity contribution in [2.45, 2.75) is 33.1 Å². The van der Waals surface area contributed by atoms with Crippen LogP contribution >= 0.6 is 0 Å². The van der Waals surface area contributed by atoms with Crippen molar-refractivity contribution in [3.05, 3.63) is 65.7 Å². The number of rotatable bonds is 4. The fourth-order valence-electron chi connectivity index (χ4n) is 2.87. The summed E-state index contributed by atoms with van der Waals surface area (Å²) in [5, 5.41) is 2.71. The molecule has 119 valence electrons. The molecule has 3 rings (SSSR count). The third kappa shape index (κ3) is 5.25. The van der Waals surface area contributed by atoms with Crippen LogP contribution in [0.5, 0.6) is 0 Å². The Morgan fingerprint density at radius 3 is 2.30 bits per heavy atom. The van der Waals surface area contributed by atoms with Crippen LogP contribution in [0.1, 0.15) is 30.9 Å². The SMILES string of the molecule is CCCCc1ccc(-c2cccc3[cH-]c(C)cc23)cc1.[Cl-].[Cl-].[Zr+3]. The van der Waals surface area contributed by atoms with Crippen LogP contribution in [-0.2, 0) is 32.6 Å². The summed E-state index contributed by atoms with van der Waals surface area (Å²) in [5.41, 5.74) is 5.45. The van der Waals surface area contributed by atoms with Crippen LogP contribution in [0.3, 0.4) is 0 Å². The van der Waals surface area contributed by atoms with Gasteiger partial charge in [-0.15, -0.1) is 34.5 Å². The van der Waals surface area contributed by atoms with E-state index in [4.69, 9.17) is 0 Å². The average Bonchev–Trinajstić information content (AvgIpc) is 2.85. The van der Waals surface area contributed by atoms with Gasteiger partial charge in [-0.25, -0.2) is 0 Å². The third-order valence-corrected chi connectivity index (χ3v) is 3.98. The van der Waals surface area contributed by atoms with E-state index in [2.05, 4.69) is 68.4 Å². The second kappa shape index (κ2) is 10.4. The molecular formula is C20H21Cl2Zr. The summed E-state index contributed by atoms with van der Waals surface area (Å²) in [4.78, 5) is 0. The molecule has 3 aromatic rings. The molecule has 0 saturated carbocycles. The molecule has 0 nitrogen and oxygen atoms in total. The first-order valence-electron chi connectivity index (χ1n) is 7.53. The molecule has 1 radical (unpaired) electrons. The van der Waals surface area contributed by atoms with Crippen LogP contribution in [0.2, 0.25) is 0 Å². The van der Waals surface area contributed by atoms with E-state index in [-0.39, 0.29) is 51.0 Å². The quantitative estimate of drug-likeness (QED) is 0.514. The predicted molar refractivity (Wildman–Crippen MR) is 88.3 cm³/mol. The van der Waals surface area contributed by atoms with Gasteiger partial charge in [-0.1, -0.05) is 56.2 Å². The number of benzene rings is 2. The Morgan fingerprint density at radius 1 is 0.957 bits per heavy atom. The van der Waals surface area contributed by atoms with Crippen LogP contribution < -0.4 is 24.8 Å². The molecule has 0 aliphatic carbocycles. The maximum Gasteiger partial charge on any atom is 3.00 e. The first-order valence-corrected chi connectivity index (χ1v) is 7.53. The average molecular weight is 424 g/mol. The molecule has 0 aromatic heterocycles. The molecule has 0 N–H and O–H groups in total. The fourth-order valence-corrected chi connectivity index (χ4v) is 2.87. The Bertz CT molecular complexity index is 714. The predicted octanol–water partition coefficient (Wildman–Crippen LogP) is -0.118. The van der Waals surface area contributed by atoms with Crippen LogP contribution in [0, 0.1) is 6.92 Å². The number of aryl methyl sites for hydroxylation is 2. The zero-order valence-corrected chi connectivity index (χ0v) is 17.5. The van der Waals surface area contributed by atoms with Gasteiger partial charge in [0.1, 0.15) is 0 Å². The van der Waals surface area contributed by atoms with E-state index in [0.29, 0.717) is 0 Å². The molecule has 0 unspecified atom stereocenters. The largest absolute Gasteiger partial charge is 3.00 e. The summed E-state index contributed by atoms with van der Waals surface area (Å²) >= 11 is 0. The van der Waals surface area contributed by atoms with Gasteiger partial charge in [0, 0.05) is 0 Å². The molecule has 0 amide bonds. The molecule has 0 saturated heterocycles. The minimum Gasteiger partial charge on any atom is -1.00 e. The van der Waals surface area contributed by atoms with E-state index in [1.54, 1.807) is 0 Å². The molecule has 0 spiro atoms. The van der Waals surface area contributed by atoms with Gasteiger partial charge in [0.05, 0.1) is 0 Å². The van der Waals surface area contributed by atoms with Crippen LogP contribution in [0.4, 0.5) is 0 Å². The minimum atomic E-state index is 0. The van der Waals surface area contributed by atoms with E-state index in [1.807, 2.05) is 0 Å². The number of fused-ring (bicyclic) bond motifs is 1. The molecule has 0 heterocycles. The normalized spacial score (nSPS) is 9.65. The monoisotopic (exact) mass is 421 g/mol. The van der Waals surface area contributed by atoms with E-state index in [1.165, 1.54) is 52.3 Å². The van der Waals surface area contributed by atoms with Gasteiger partial charge < -0.3 is 24.8 Å². The Labute approximate surface area is 171 Å². The zero-order valence-electron chi connectivity index (χ0n) is 13.6. The van der Waals surface area contributed by atoms with Crippen molar-refractivity contribution in [1.29, 1.82) is 0 Å². The molecule has 0 bridgehead atoms. The Balaban J connectivity index is 0.00000161. The van der Waals surface area contributed by atoms with Gasteiger partial charge in [0.2, 0.25) is 0 Å². The molecule has 0 atom stereocenters. The van der Waals surface area contributed by atoms with Gasteiger partial charge >= 0.3 is 26.2 Å². The first kappa shape index (κ1) is 22.5. The molecule has 23 heavy (non-hydrogen) atoms. The van der Waals surface area contributed by atoms with Crippen molar-refractivity contribution in [2.75, 3.05) is 0 Å².